The van der Waals surface area contributed by atoms with Crippen molar-refractivity contribution in [3.63, 3.8) is 0 Å². The molecule has 0 spiro atoms. The number of halogens is 1. The van der Waals surface area contributed by atoms with Crippen LogP contribution in [-0.2, 0) is 6.61 Å². The van der Waals surface area contributed by atoms with E-state index in [1.165, 1.54) is 0 Å². The van der Waals surface area contributed by atoms with E-state index in [-0.39, 0.29) is 5.56 Å². The number of carbonyl (C=O) groups is 1. The third kappa shape index (κ3) is 3.52. The van der Waals surface area contributed by atoms with E-state index in [1.54, 1.807) is 30.3 Å². The summed E-state index contributed by atoms with van der Waals surface area (Å²) in [4.78, 5) is 11.9. The van der Waals surface area contributed by atoms with E-state index in [4.69, 9.17) is 20.8 Å². The highest BCUT2D eigenvalue weighted by atomic mass is 35.5. The number of hydrogen-bond acceptors (Lipinski definition) is 3. The van der Waals surface area contributed by atoms with Gasteiger partial charge in [-0.25, -0.2) is 4.79 Å². The molecule has 0 amide bonds. The molecular weight excluding hydrogens is 364 g/mol. The van der Waals surface area contributed by atoms with Crippen LogP contribution in [0.3, 0.4) is 0 Å². The van der Waals surface area contributed by atoms with Gasteiger partial charge in [-0.15, -0.1) is 0 Å². The molecule has 134 valence electrons. The van der Waals surface area contributed by atoms with Gasteiger partial charge in [0.15, 0.2) is 0 Å². The maximum atomic E-state index is 11.9. The number of fused-ring (bicyclic) bond motifs is 1. The lowest BCUT2D eigenvalue weighted by Gasteiger charge is -2.06. The van der Waals surface area contributed by atoms with Crippen molar-refractivity contribution < 1.29 is 19.1 Å². The molecule has 1 aromatic heterocycles. The minimum Gasteiger partial charge on any atom is -0.489 e. The fourth-order valence-electron chi connectivity index (χ4n) is 2.92. The predicted octanol–water partition coefficient (Wildman–Crippen LogP) is 6.03. The molecule has 0 saturated carbocycles. The molecule has 0 fully saturated rings. The number of rotatable bonds is 5. The topological polar surface area (TPSA) is 59.7 Å². The zero-order valence-electron chi connectivity index (χ0n) is 14.2. The van der Waals surface area contributed by atoms with Gasteiger partial charge in [0.1, 0.15) is 29.3 Å². The fraction of sp³-hybridized carbons (Fsp3) is 0.0455. The normalized spacial score (nSPS) is 10.9. The molecule has 0 aliphatic carbocycles. The van der Waals surface area contributed by atoms with Gasteiger partial charge in [-0.1, -0.05) is 54.1 Å². The van der Waals surface area contributed by atoms with Gasteiger partial charge in [0.25, 0.3) is 0 Å². The van der Waals surface area contributed by atoms with Crippen LogP contribution in [0.15, 0.2) is 77.2 Å². The summed E-state index contributed by atoms with van der Waals surface area (Å²) < 4.78 is 11.6. The van der Waals surface area contributed by atoms with Crippen LogP contribution in [0.1, 0.15) is 15.9 Å². The van der Waals surface area contributed by atoms with Crippen molar-refractivity contribution >= 4 is 28.5 Å². The van der Waals surface area contributed by atoms with Crippen LogP contribution in [-0.4, -0.2) is 11.1 Å². The van der Waals surface area contributed by atoms with E-state index in [2.05, 4.69) is 0 Å². The number of carboxylic acids is 1. The van der Waals surface area contributed by atoms with Crippen LogP contribution in [0.2, 0.25) is 5.02 Å². The number of carboxylic acid groups (broad SMARTS) is 1. The van der Waals surface area contributed by atoms with Gasteiger partial charge in [-0.05, 0) is 35.9 Å². The summed E-state index contributed by atoms with van der Waals surface area (Å²) >= 11 is 5.89. The van der Waals surface area contributed by atoms with E-state index in [1.807, 2.05) is 42.5 Å². The van der Waals surface area contributed by atoms with Crippen molar-refractivity contribution in [2.24, 2.45) is 0 Å². The first-order valence-electron chi connectivity index (χ1n) is 8.34. The molecule has 0 radical (unpaired) electrons. The number of ether oxygens (including phenoxy) is 1. The molecule has 0 unspecified atom stereocenters. The van der Waals surface area contributed by atoms with Crippen molar-refractivity contribution in [2.45, 2.75) is 6.61 Å². The Balaban J connectivity index is 1.70. The van der Waals surface area contributed by atoms with Crippen molar-refractivity contribution in [2.75, 3.05) is 0 Å². The van der Waals surface area contributed by atoms with E-state index in [0.29, 0.717) is 34.1 Å². The Morgan fingerprint density at radius 2 is 1.74 bits per heavy atom. The quantitative estimate of drug-likeness (QED) is 0.460. The highest BCUT2D eigenvalue weighted by Gasteiger charge is 2.22. The SMILES string of the molecule is O=C(O)c1c(-c2ccccc2)oc2ccc(OCc3ccc(Cl)cc3)cc12. The van der Waals surface area contributed by atoms with Crippen LogP contribution < -0.4 is 4.74 Å². The molecule has 4 nitrogen and oxygen atoms in total. The molecule has 0 aliphatic rings. The molecule has 0 atom stereocenters. The van der Waals surface area contributed by atoms with Gasteiger partial charge in [-0.3, -0.25) is 0 Å². The van der Waals surface area contributed by atoms with E-state index in [0.717, 1.165) is 11.1 Å². The zero-order valence-corrected chi connectivity index (χ0v) is 14.9. The van der Waals surface area contributed by atoms with Gasteiger partial charge in [0.05, 0.1) is 0 Å². The monoisotopic (exact) mass is 378 g/mol. The summed E-state index contributed by atoms with van der Waals surface area (Å²) in [5.74, 6) is -0.129. The van der Waals surface area contributed by atoms with Gasteiger partial charge in [0.2, 0.25) is 0 Å². The van der Waals surface area contributed by atoms with Crippen LogP contribution in [0.25, 0.3) is 22.3 Å². The van der Waals surface area contributed by atoms with Crippen LogP contribution in [0.4, 0.5) is 0 Å². The lowest BCUT2D eigenvalue weighted by atomic mass is 10.1. The van der Waals surface area contributed by atoms with Gasteiger partial charge >= 0.3 is 5.97 Å². The Morgan fingerprint density at radius 1 is 1.00 bits per heavy atom. The smallest absolute Gasteiger partial charge is 0.340 e. The minimum atomic E-state index is -1.04. The highest BCUT2D eigenvalue weighted by molar-refractivity contribution is 6.30. The Hall–Kier alpha value is -3.24. The van der Waals surface area contributed by atoms with Crippen molar-refractivity contribution in [1.82, 2.24) is 0 Å². The standard InChI is InChI=1S/C22H15ClO4/c23-16-8-6-14(7-9-16)13-26-17-10-11-19-18(12-17)20(22(24)25)21(27-19)15-4-2-1-3-5-15/h1-12H,13H2,(H,24,25). The second kappa shape index (κ2) is 7.17. The summed E-state index contributed by atoms with van der Waals surface area (Å²) in [6, 6.07) is 21.8. The lowest BCUT2D eigenvalue weighted by molar-refractivity contribution is 0.0699. The van der Waals surface area contributed by atoms with Crippen LogP contribution in [0.5, 0.6) is 5.75 Å². The molecule has 4 aromatic rings. The number of benzene rings is 3. The number of furan rings is 1. The Labute approximate surface area is 160 Å². The predicted molar refractivity (Wildman–Crippen MR) is 104 cm³/mol. The first kappa shape index (κ1) is 17.2. The second-order valence-electron chi connectivity index (χ2n) is 6.05. The molecule has 3 aromatic carbocycles. The molecular formula is C22H15ClO4. The summed E-state index contributed by atoms with van der Waals surface area (Å²) in [6.07, 6.45) is 0. The Morgan fingerprint density at radius 3 is 2.44 bits per heavy atom. The number of aromatic carboxylic acids is 1. The maximum Gasteiger partial charge on any atom is 0.340 e. The average Bonchev–Trinajstić information content (AvgIpc) is 3.07. The van der Waals surface area contributed by atoms with Crippen molar-refractivity contribution in [3.05, 3.63) is 88.9 Å². The lowest BCUT2D eigenvalue weighted by Crippen LogP contribution is -1.98. The molecule has 0 saturated heterocycles. The highest BCUT2D eigenvalue weighted by Crippen LogP contribution is 2.35. The summed E-state index contributed by atoms with van der Waals surface area (Å²) in [5.41, 5.74) is 2.32. The first-order valence-corrected chi connectivity index (χ1v) is 8.72. The zero-order chi connectivity index (χ0) is 18.8. The van der Waals surface area contributed by atoms with Gasteiger partial charge in [0, 0.05) is 16.0 Å². The summed E-state index contributed by atoms with van der Waals surface area (Å²) in [5, 5.41) is 10.9. The van der Waals surface area contributed by atoms with Crippen LogP contribution in [0, 0.1) is 0 Å². The van der Waals surface area contributed by atoms with Crippen molar-refractivity contribution in [3.8, 4) is 17.1 Å². The van der Waals surface area contributed by atoms with E-state index >= 15 is 0 Å². The Kier molecular flexibility index (Phi) is 4.57. The number of hydrogen-bond donors (Lipinski definition) is 1. The summed E-state index contributed by atoms with van der Waals surface area (Å²) in [7, 11) is 0. The molecule has 27 heavy (non-hydrogen) atoms. The molecule has 4 rings (SSSR count). The Bertz CT molecular complexity index is 1100. The minimum absolute atomic E-state index is 0.133. The van der Waals surface area contributed by atoms with Gasteiger partial charge in [-0.2, -0.15) is 0 Å². The summed E-state index contributed by atoms with van der Waals surface area (Å²) in [6.45, 7) is 0.356. The molecule has 1 N–H and O–H groups in total. The van der Waals surface area contributed by atoms with E-state index < -0.39 is 5.97 Å². The van der Waals surface area contributed by atoms with Crippen LogP contribution >= 0.6 is 11.6 Å². The molecule has 1 heterocycles. The average molecular weight is 379 g/mol. The molecule has 0 aliphatic heterocycles. The fourth-order valence-corrected chi connectivity index (χ4v) is 3.04. The van der Waals surface area contributed by atoms with Crippen molar-refractivity contribution in [1.29, 1.82) is 0 Å². The third-order valence-corrected chi connectivity index (χ3v) is 4.48. The first-order chi connectivity index (χ1) is 13.1. The molecule has 0 bridgehead atoms. The second-order valence-corrected chi connectivity index (χ2v) is 6.49. The third-order valence-electron chi connectivity index (χ3n) is 4.23. The van der Waals surface area contributed by atoms with E-state index in [9.17, 15) is 9.90 Å². The van der Waals surface area contributed by atoms with Gasteiger partial charge < -0.3 is 14.3 Å². The molecule has 5 heteroatoms. The largest absolute Gasteiger partial charge is 0.489 e. The maximum absolute atomic E-state index is 11.9.